The number of carboxylic acid groups (broad SMARTS) is 1. The van der Waals surface area contributed by atoms with Crippen molar-refractivity contribution in [1.29, 1.82) is 0 Å². The van der Waals surface area contributed by atoms with Crippen molar-refractivity contribution >= 4 is 59.5 Å². The lowest BCUT2D eigenvalue weighted by molar-refractivity contribution is -0.147. The monoisotopic (exact) mass is 736 g/mol. The van der Waals surface area contributed by atoms with Gasteiger partial charge in [0.25, 0.3) is 11.8 Å². The van der Waals surface area contributed by atoms with Crippen LogP contribution in [-0.4, -0.2) is 121 Å². The second-order valence-electron chi connectivity index (χ2n) is 12.5. The van der Waals surface area contributed by atoms with E-state index >= 15 is 0 Å². The molecule has 3 rings (SSSR count). The summed E-state index contributed by atoms with van der Waals surface area (Å²) in [5.41, 5.74) is -1.50. The molecule has 16 nitrogen and oxygen atoms in total. The second-order valence-corrected chi connectivity index (χ2v) is 15.0. The Labute approximate surface area is 289 Å². The Morgan fingerprint density at radius 2 is 1.84 bits per heavy atom. The molecule has 1 aliphatic carbocycles. The van der Waals surface area contributed by atoms with Crippen molar-refractivity contribution in [2.45, 2.75) is 92.8 Å². The highest BCUT2D eigenvalue weighted by Crippen LogP contribution is 2.42. The zero-order chi connectivity index (χ0) is 36.4. The lowest BCUT2D eigenvalue weighted by atomic mass is 9.99. The summed E-state index contributed by atoms with van der Waals surface area (Å²) in [5.74, 6) is -6.21. The van der Waals surface area contributed by atoms with Crippen LogP contribution in [0.15, 0.2) is 17.1 Å². The molecule has 6 N–H and O–H groups in total. The third-order valence-corrected chi connectivity index (χ3v) is 10.5. The number of nitrogens with one attached hydrogen (secondary N) is 4. The van der Waals surface area contributed by atoms with Gasteiger partial charge in [-0.15, -0.1) is 0 Å². The van der Waals surface area contributed by atoms with Crippen LogP contribution in [0.3, 0.4) is 0 Å². The quantitative estimate of drug-likeness (QED) is 0.0819. The maximum Gasteiger partial charge on any atom is 0.351 e. The maximum atomic E-state index is 14.2. The molecule has 49 heavy (non-hydrogen) atoms. The van der Waals surface area contributed by atoms with Crippen LogP contribution in [0, 0.1) is 0 Å². The molecule has 274 valence electrons. The predicted octanol–water partition coefficient (Wildman–Crippen LogP) is 0.0997. The van der Waals surface area contributed by atoms with E-state index in [1.807, 2.05) is 20.8 Å². The summed E-state index contributed by atoms with van der Waals surface area (Å²) >= 11 is 3.06. The molecular formula is C29H42F2N6O10S2. The molecule has 2 aliphatic rings. The number of hydrogen-bond acceptors (Lipinski definition) is 13. The Bertz CT molecular complexity index is 1400. The number of thioether (sulfide) groups is 2. The summed E-state index contributed by atoms with van der Waals surface area (Å²) in [6.45, 7) is 4.13. The minimum absolute atomic E-state index is 0.148. The number of carbonyl (C=O) groups is 5. The average molecular weight is 737 g/mol. The Balaban J connectivity index is 1.37. The number of anilines is 1. The molecule has 0 bridgehead atoms. The number of nitrogens with zero attached hydrogens (tertiary/aromatic N) is 2. The van der Waals surface area contributed by atoms with Gasteiger partial charge < -0.3 is 35.6 Å². The van der Waals surface area contributed by atoms with Gasteiger partial charge in [0.1, 0.15) is 17.9 Å². The Kier molecular flexibility index (Phi) is 14.8. The van der Waals surface area contributed by atoms with Crippen LogP contribution in [0.1, 0.15) is 52.7 Å². The van der Waals surface area contributed by atoms with Crippen molar-refractivity contribution in [2.75, 3.05) is 36.6 Å². The molecule has 2 heterocycles. The third kappa shape index (κ3) is 12.5. The number of aliphatic hydroxyl groups excluding tert-OH is 1. The number of aliphatic carboxylic acids is 1. The van der Waals surface area contributed by atoms with Gasteiger partial charge in [-0.3, -0.25) is 33.9 Å². The maximum absolute atomic E-state index is 14.2. The molecular weight excluding hydrogens is 694 g/mol. The molecule has 0 spiro atoms. The van der Waals surface area contributed by atoms with Crippen molar-refractivity contribution in [2.24, 2.45) is 0 Å². The number of aliphatic hydroxyl groups is 1. The van der Waals surface area contributed by atoms with E-state index in [-0.39, 0.29) is 40.6 Å². The van der Waals surface area contributed by atoms with Crippen LogP contribution in [0.2, 0.25) is 0 Å². The van der Waals surface area contributed by atoms with Crippen molar-refractivity contribution in [3.8, 4) is 0 Å². The first-order chi connectivity index (χ1) is 23.0. The lowest BCUT2D eigenvalue weighted by Gasteiger charge is -2.37. The number of hydrogen-bond donors (Lipinski definition) is 6. The standard InChI is InChI=1S/C29H42F2N6O10S2/c1-28(2,3)36-18(25(43)44)14-49-20-5-4-19(20)48-13-17(33-15-39)24(42)32-8-6-23(41)46-12-22(40)34-21-7-9-37(27(45)35-21)26-29(30,31)10-16(11-38)47-26/h7,9,15-20,26,36,38H,4-6,8,10-14H2,1-3H3,(H,32,42)(H,33,39)(H,43,44)(H,34,35,40,45)/t16-,17?,18?,19?,20?,26?/m1/s1. The van der Waals surface area contributed by atoms with Crippen molar-refractivity contribution in [1.82, 2.24) is 25.5 Å². The minimum atomic E-state index is -3.43. The molecule has 2 fully saturated rings. The third-order valence-electron chi connectivity index (χ3n) is 7.32. The first-order valence-electron chi connectivity index (χ1n) is 15.4. The predicted molar refractivity (Wildman–Crippen MR) is 175 cm³/mol. The van der Waals surface area contributed by atoms with Gasteiger partial charge in [0.15, 0.2) is 6.61 Å². The van der Waals surface area contributed by atoms with Crippen LogP contribution in [0.5, 0.6) is 0 Å². The zero-order valence-corrected chi connectivity index (χ0v) is 28.8. The van der Waals surface area contributed by atoms with E-state index in [1.165, 1.54) is 11.8 Å². The van der Waals surface area contributed by atoms with E-state index in [0.29, 0.717) is 16.7 Å². The second kappa shape index (κ2) is 18.1. The van der Waals surface area contributed by atoms with Crippen LogP contribution < -0.4 is 27.0 Å². The summed E-state index contributed by atoms with van der Waals surface area (Å²) in [4.78, 5) is 75.6. The van der Waals surface area contributed by atoms with E-state index in [2.05, 4.69) is 26.3 Å². The van der Waals surface area contributed by atoms with Gasteiger partial charge in [0.2, 0.25) is 18.5 Å². The van der Waals surface area contributed by atoms with Gasteiger partial charge in [0.05, 0.1) is 19.1 Å². The summed E-state index contributed by atoms with van der Waals surface area (Å²) < 4.78 is 38.8. The number of rotatable bonds is 19. The van der Waals surface area contributed by atoms with Crippen molar-refractivity contribution in [3.05, 3.63) is 22.7 Å². The number of esters is 1. The van der Waals surface area contributed by atoms with E-state index in [1.54, 1.807) is 11.8 Å². The zero-order valence-electron chi connectivity index (χ0n) is 27.2. The van der Waals surface area contributed by atoms with Gasteiger partial charge in [0, 0.05) is 46.7 Å². The summed E-state index contributed by atoms with van der Waals surface area (Å²) in [6.07, 6.45) is -1.04. The fourth-order valence-electron chi connectivity index (χ4n) is 4.82. The first-order valence-corrected chi connectivity index (χ1v) is 17.5. The van der Waals surface area contributed by atoms with E-state index < -0.39 is 79.4 Å². The molecule has 1 aliphatic heterocycles. The summed E-state index contributed by atoms with van der Waals surface area (Å²) in [6, 6.07) is -0.502. The molecule has 1 saturated carbocycles. The first kappa shape index (κ1) is 40.1. The average Bonchev–Trinajstić information content (AvgIpc) is 3.31. The van der Waals surface area contributed by atoms with E-state index in [9.17, 15) is 42.7 Å². The summed E-state index contributed by atoms with van der Waals surface area (Å²) in [7, 11) is 0. The molecule has 6 atom stereocenters. The topological polar surface area (TPSA) is 227 Å². The molecule has 5 unspecified atom stereocenters. The van der Waals surface area contributed by atoms with Gasteiger partial charge in [-0.2, -0.15) is 28.5 Å². The van der Waals surface area contributed by atoms with Gasteiger partial charge in [-0.1, -0.05) is 0 Å². The number of ether oxygens (including phenoxy) is 2. The van der Waals surface area contributed by atoms with Crippen LogP contribution >= 0.6 is 23.5 Å². The highest BCUT2D eigenvalue weighted by molar-refractivity contribution is 8.04. The molecule has 0 aromatic carbocycles. The molecule has 1 aromatic heterocycles. The normalized spacial score (nSPS) is 22.7. The highest BCUT2D eigenvalue weighted by Gasteiger charge is 2.51. The Morgan fingerprint density at radius 1 is 1.18 bits per heavy atom. The van der Waals surface area contributed by atoms with Gasteiger partial charge >= 0.3 is 17.6 Å². The van der Waals surface area contributed by atoms with Crippen molar-refractivity contribution in [3.63, 3.8) is 0 Å². The van der Waals surface area contributed by atoms with Crippen molar-refractivity contribution < 1.29 is 52.4 Å². The minimum Gasteiger partial charge on any atom is -0.480 e. The molecule has 1 saturated heterocycles. The van der Waals surface area contributed by atoms with E-state index in [0.717, 1.165) is 25.1 Å². The number of amides is 3. The van der Waals surface area contributed by atoms with Crippen LogP contribution in [-0.2, 0) is 33.4 Å². The van der Waals surface area contributed by atoms with Crippen LogP contribution in [0.4, 0.5) is 14.6 Å². The van der Waals surface area contributed by atoms with Gasteiger partial charge in [-0.25, -0.2) is 13.6 Å². The van der Waals surface area contributed by atoms with Crippen LogP contribution in [0.25, 0.3) is 0 Å². The SMILES string of the molecule is CC(C)(C)NC(CSC1CCC1SCC(NC=O)C(=O)NCCC(=O)OCC(=O)Nc1ccn(C2O[C@@H](CO)CC2(F)F)c(=O)n1)C(=O)O. The van der Waals surface area contributed by atoms with E-state index in [4.69, 9.17) is 14.6 Å². The largest absolute Gasteiger partial charge is 0.480 e. The number of halogens is 2. The fraction of sp³-hybridized carbons (Fsp3) is 0.690. The number of carboxylic acids is 1. The molecule has 3 amide bonds. The smallest absolute Gasteiger partial charge is 0.351 e. The summed E-state index contributed by atoms with van der Waals surface area (Å²) in [5, 5.41) is 29.3. The Morgan fingerprint density at radius 3 is 2.37 bits per heavy atom. The highest BCUT2D eigenvalue weighted by atomic mass is 32.2. The van der Waals surface area contributed by atoms with Gasteiger partial charge in [-0.05, 0) is 39.7 Å². The molecule has 1 aromatic rings. The number of carbonyl (C=O) groups excluding carboxylic acids is 4. The number of aromatic nitrogens is 2. The Hall–Kier alpha value is -3.33. The number of alkyl halides is 2. The fourth-order valence-corrected chi connectivity index (χ4v) is 7.95. The molecule has 20 heteroatoms. The molecule has 0 radical (unpaired) electrons. The lowest BCUT2D eigenvalue weighted by Crippen LogP contribution is -2.50.